The lowest BCUT2D eigenvalue weighted by Gasteiger charge is -2.17. The summed E-state index contributed by atoms with van der Waals surface area (Å²) in [7, 11) is 0. The fraction of sp³-hybridized carbons (Fsp3) is 0.455. The maximum atomic E-state index is 6.02. The van der Waals surface area contributed by atoms with Crippen LogP contribution in [0.4, 0.5) is 0 Å². The SMILES string of the molecule is Cc1ccc(Cl)c(OC2(CN)CC2)c1. The summed E-state index contributed by atoms with van der Waals surface area (Å²) in [5.74, 6) is 0.759. The van der Waals surface area contributed by atoms with Gasteiger partial charge in [0.15, 0.2) is 0 Å². The number of nitrogens with two attached hydrogens (primary N) is 1. The van der Waals surface area contributed by atoms with Gasteiger partial charge >= 0.3 is 0 Å². The normalized spacial score (nSPS) is 17.9. The van der Waals surface area contributed by atoms with Gasteiger partial charge in [0.2, 0.25) is 0 Å². The summed E-state index contributed by atoms with van der Waals surface area (Å²) < 4.78 is 5.82. The van der Waals surface area contributed by atoms with Crippen LogP contribution in [0.2, 0.25) is 5.02 Å². The van der Waals surface area contributed by atoms with E-state index in [0.717, 1.165) is 24.2 Å². The van der Waals surface area contributed by atoms with E-state index in [1.165, 1.54) is 0 Å². The van der Waals surface area contributed by atoms with E-state index < -0.39 is 0 Å². The Labute approximate surface area is 89.0 Å². The number of rotatable bonds is 3. The first-order valence-electron chi connectivity index (χ1n) is 4.80. The molecule has 1 aromatic rings. The van der Waals surface area contributed by atoms with Gasteiger partial charge in [0.25, 0.3) is 0 Å². The molecule has 0 heterocycles. The second-order valence-electron chi connectivity index (χ2n) is 3.92. The molecule has 1 saturated carbocycles. The van der Waals surface area contributed by atoms with Crippen molar-refractivity contribution < 1.29 is 4.74 Å². The molecule has 76 valence electrons. The molecule has 0 radical (unpaired) electrons. The zero-order chi connectivity index (χ0) is 10.2. The maximum Gasteiger partial charge on any atom is 0.139 e. The van der Waals surface area contributed by atoms with Crippen LogP contribution >= 0.6 is 11.6 Å². The van der Waals surface area contributed by atoms with E-state index in [1.807, 2.05) is 25.1 Å². The van der Waals surface area contributed by atoms with Crippen molar-refractivity contribution in [2.24, 2.45) is 5.73 Å². The summed E-state index contributed by atoms with van der Waals surface area (Å²) in [4.78, 5) is 0. The monoisotopic (exact) mass is 211 g/mol. The predicted octanol–water partition coefficient (Wildman–Crippen LogP) is 2.52. The van der Waals surface area contributed by atoms with E-state index in [2.05, 4.69) is 0 Å². The lowest BCUT2D eigenvalue weighted by Crippen LogP contribution is -2.28. The zero-order valence-corrected chi connectivity index (χ0v) is 8.97. The van der Waals surface area contributed by atoms with Gasteiger partial charge in [0.05, 0.1) is 5.02 Å². The van der Waals surface area contributed by atoms with Gasteiger partial charge in [-0.05, 0) is 37.5 Å². The van der Waals surface area contributed by atoms with Crippen molar-refractivity contribution in [1.82, 2.24) is 0 Å². The highest BCUT2D eigenvalue weighted by Gasteiger charge is 2.44. The quantitative estimate of drug-likeness (QED) is 0.834. The second kappa shape index (κ2) is 3.44. The van der Waals surface area contributed by atoms with Crippen molar-refractivity contribution in [3.8, 4) is 5.75 Å². The molecule has 0 bridgehead atoms. The first kappa shape index (κ1) is 9.81. The minimum atomic E-state index is -0.128. The number of aryl methyl sites for hydroxylation is 1. The van der Waals surface area contributed by atoms with Crippen molar-refractivity contribution in [3.63, 3.8) is 0 Å². The van der Waals surface area contributed by atoms with E-state index in [4.69, 9.17) is 22.1 Å². The van der Waals surface area contributed by atoms with E-state index >= 15 is 0 Å². The van der Waals surface area contributed by atoms with Gasteiger partial charge in [-0.1, -0.05) is 17.7 Å². The molecule has 0 atom stereocenters. The third-order valence-corrected chi connectivity index (χ3v) is 2.91. The first-order chi connectivity index (χ1) is 6.65. The number of hydrogen-bond donors (Lipinski definition) is 1. The van der Waals surface area contributed by atoms with Crippen LogP contribution in [0.1, 0.15) is 18.4 Å². The molecule has 14 heavy (non-hydrogen) atoms. The van der Waals surface area contributed by atoms with Crippen molar-refractivity contribution in [3.05, 3.63) is 28.8 Å². The van der Waals surface area contributed by atoms with Gasteiger partial charge in [0.1, 0.15) is 11.4 Å². The van der Waals surface area contributed by atoms with Crippen LogP contribution in [-0.2, 0) is 0 Å². The summed E-state index contributed by atoms with van der Waals surface area (Å²) in [6.45, 7) is 2.59. The molecule has 0 spiro atoms. The lowest BCUT2D eigenvalue weighted by molar-refractivity contribution is 0.187. The molecule has 0 aliphatic heterocycles. The third kappa shape index (κ3) is 1.86. The molecule has 0 aromatic heterocycles. The Balaban J connectivity index is 2.20. The van der Waals surface area contributed by atoms with Gasteiger partial charge < -0.3 is 10.5 Å². The molecule has 2 nitrogen and oxygen atoms in total. The second-order valence-corrected chi connectivity index (χ2v) is 4.33. The Kier molecular flexibility index (Phi) is 2.41. The number of ether oxygens (including phenoxy) is 1. The lowest BCUT2D eigenvalue weighted by atomic mass is 10.2. The number of halogens is 1. The standard InChI is InChI=1S/C11H14ClNO/c1-8-2-3-9(12)10(6-8)14-11(7-13)4-5-11/h2-3,6H,4-5,7,13H2,1H3. The Bertz CT molecular complexity index is 347. The van der Waals surface area contributed by atoms with Crippen LogP contribution in [0, 0.1) is 6.92 Å². The molecular weight excluding hydrogens is 198 g/mol. The third-order valence-electron chi connectivity index (χ3n) is 2.59. The largest absolute Gasteiger partial charge is 0.484 e. The fourth-order valence-electron chi connectivity index (χ4n) is 1.41. The predicted molar refractivity (Wildman–Crippen MR) is 57.8 cm³/mol. The van der Waals surface area contributed by atoms with Crippen molar-refractivity contribution in [2.75, 3.05) is 6.54 Å². The Morgan fingerprint density at radius 1 is 1.50 bits per heavy atom. The molecule has 1 aromatic carbocycles. The smallest absolute Gasteiger partial charge is 0.139 e. The zero-order valence-electron chi connectivity index (χ0n) is 8.22. The first-order valence-corrected chi connectivity index (χ1v) is 5.18. The summed E-state index contributed by atoms with van der Waals surface area (Å²) in [5.41, 5.74) is 6.66. The van der Waals surface area contributed by atoms with Crippen LogP contribution in [0.15, 0.2) is 18.2 Å². The van der Waals surface area contributed by atoms with E-state index in [0.29, 0.717) is 11.6 Å². The molecule has 0 amide bonds. The minimum Gasteiger partial charge on any atom is -0.484 e. The van der Waals surface area contributed by atoms with Crippen LogP contribution in [0.5, 0.6) is 5.75 Å². The van der Waals surface area contributed by atoms with Crippen molar-refractivity contribution >= 4 is 11.6 Å². The average molecular weight is 212 g/mol. The highest BCUT2D eigenvalue weighted by Crippen LogP contribution is 2.41. The van der Waals surface area contributed by atoms with Crippen LogP contribution in [0.25, 0.3) is 0 Å². The van der Waals surface area contributed by atoms with Crippen LogP contribution < -0.4 is 10.5 Å². The Morgan fingerprint density at radius 2 is 2.21 bits per heavy atom. The highest BCUT2D eigenvalue weighted by atomic mass is 35.5. The van der Waals surface area contributed by atoms with Gasteiger partial charge in [-0.3, -0.25) is 0 Å². The maximum absolute atomic E-state index is 6.02. The van der Waals surface area contributed by atoms with E-state index in [1.54, 1.807) is 0 Å². The van der Waals surface area contributed by atoms with Crippen molar-refractivity contribution in [1.29, 1.82) is 0 Å². The van der Waals surface area contributed by atoms with Crippen LogP contribution in [0.3, 0.4) is 0 Å². The molecule has 3 heteroatoms. The van der Waals surface area contributed by atoms with Crippen LogP contribution in [-0.4, -0.2) is 12.1 Å². The molecule has 2 rings (SSSR count). The summed E-state index contributed by atoms with van der Waals surface area (Å²) >= 11 is 6.02. The summed E-state index contributed by atoms with van der Waals surface area (Å²) in [6, 6.07) is 5.79. The molecule has 0 unspecified atom stereocenters. The van der Waals surface area contributed by atoms with Gasteiger partial charge in [-0.15, -0.1) is 0 Å². The number of benzene rings is 1. The molecule has 1 aliphatic rings. The molecule has 1 aliphatic carbocycles. The molecule has 2 N–H and O–H groups in total. The van der Waals surface area contributed by atoms with Gasteiger partial charge in [-0.25, -0.2) is 0 Å². The highest BCUT2D eigenvalue weighted by molar-refractivity contribution is 6.32. The Hall–Kier alpha value is -0.730. The molecule has 0 saturated heterocycles. The van der Waals surface area contributed by atoms with Gasteiger partial charge in [0, 0.05) is 6.54 Å². The number of hydrogen-bond acceptors (Lipinski definition) is 2. The summed E-state index contributed by atoms with van der Waals surface area (Å²) in [5, 5.41) is 0.662. The van der Waals surface area contributed by atoms with Crippen molar-refractivity contribution in [2.45, 2.75) is 25.4 Å². The summed E-state index contributed by atoms with van der Waals surface area (Å²) in [6.07, 6.45) is 2.07. The Morgan fingerprint density at radius 3 is 2.79 bits per heavy atom. The topological polar surface area (TPSA) is 35.2 Å². The van der Waals surface area contributed by atoms with E-state index in [9.17, 15) is 0 Å². The van der Waals surface area contributed by atoms with Gasteiger partial charge in [-0.2, -0.15) is 0 Å². The fourth-order valence-corrected chi connectivity index (χ4v) is 1.57. The average Bonchev–Trinajstić information content (AvgIpc) is 2.92. The van der Waals surface area contributed by atoms with E-state index in [-0.39, 0.29) is 5.60 Å². The minimum absolute atomic E-state index is 0.128. The molecule has 1 fully saturated rings. The molecular formula is C11H14ClNO.